The van der Waals surface area contributed by atoms with Crippen molar-refractivity contribution in [3.05, 3.63) is 12.2 Å². The summed E-state index contributed by atoms with van der Waals surface area (Å²) in [7, 11) is 0. The van der Waals surface area contributed by atoms with Crippen LogP contribution < -0.4 is 0 Å². The van der Waals surface area contributed by atoms with Gasteiger partial charge in [0, 0.05) is 6.54 Å². The summed E-state index contributed by atoms with van der Waals surface area (Å²) in [6.45, 7) is 2.46. The highest BCUT2D eigenvalue weighted by Crippen LogP contribution is 2.23. The van der Waals surface area contributed by atoms with E-state index in [1.807, 2.05) is 0 Å². The van der Waals surface area contributed by atoms with Crippen LogP contribution in [0.5, 0.6) is 0 Å². The highest BCUT2D eigenvalue weighted by Gasteiger charge is 2.33. The van der Waals surface area contributed by atoms with E-state index in [2.05, 4.69) is 10.1 Å². The first-order valence-electron chi connectivity index (χ1n) is 6.21. The molecule has 19 heavy (non-hydrogen) atoms. The number of ether oxygens (including phenoxy) is 3. The number of morpholine rings is 1. The molecule has 8 heteroatoms. The Morgan fingerprint density at radius 3 is 2.95 bits per heavy atom. The van der Waals surface area contributed by atoms with Gasteiger partial charge in [-0.1, -0.05) is 5.16 Å². The van der Waals surface area contributed by atoms with Gasteiger partial charge in [0.2, 0.25) is 12.3 Å². The van der Waals surface area contributed by atoms with Crippen molar-refractivity contribution in [2.24, 2.45) is 0 Å². The van der Waals surface area contributed by atoms with E-state index >= 15 is 0 Å². The highest BCUT2D eigenvalue weighted by atomic mass is 16.7. The van der Waals surface area contributed by atoms with Crippen molar-refractivity contribution < 1.29 is 23.5 Å². The number of carbonyl (C=O) groups excluding carboxylic acids is 1. The van der Waals surface area contributed by atoms with Gasteiger partial charge in [0.1, 0.15) is 6.04 Å². The molecular formula is C11H15N3O5. The first-order chi connectivity index (χ1) is 9.34. The predicted molar refractivity (Wildman–Crippen MR) is 59.9 cm³/mol. The fourth-order valence-corrected chi connectivity index (χ4v) is 2.23. The molecule has 2 fully saturated rings. The van der Waals surface area contributed by atoms with Crippen LogP contribution in [0.15, 0.2) is 10.9 Å². The minimum absolute atomic E-state index is 0.0509. The summed E-state index contributed by atoms with van der Waals surface area (Å²) in [4.78, 5) is 18.0. The normalized spacial score (nSPS) is 24.8. The lowest BCUT2D eigenvalue weighted by molar-refractivity contribution is -0.148. The van der Waals surface area contributed by atoms with Crippen molar-refractivity contribution in [1.29, 1.82) is 0 Å². The van der Waals surface area contributed by atoms with E-state index in [-0.39, 0.29) is 18.4 Å². The third kappa shape index (κ3) is 2.75. The Balaban J connectivity index is 1.67. The fourth-order valence-electron chi connectivity index (χ4n) is 2.23. The number of rotatable bonds is 3. The zero-order valence-electron chi connectivity index (χ0n) is 10.4. The van der Waals surface area contributed by atoms with Crippen LogP contribution in [0.4, 0.5) is 0 Å². The molecule has 0 bridgehead atoms. The Hall–Kier alpha value is -1.51. The quantitative estimate of drug-likeness (QED) is 0.746. The van der Waals surface area contributed by atoms with E-state index in [1.54, 1.807) is 4.90 Å². The van der Waals surface area contributed by atoms with Gasteiger partial charge in [-0.05, 0) is 0 Å². The molecule has 0 N–H and O–H groups in total. The van der Waals surface area contributed by atoms with Crippen molar-refractivity contribution in [3.63, 3.8) is 0 Å². The number of hydrogen-bond donors (Lipinski definition) is 0. The Morgan fingerprint density at radius 1 is 1.37 bits per heavy atom. The molecule has 0 aromatic carbocycles. The number of carbonyl (C=O) groups is 1. The molecule has 104 valence electrons. The van der Waals surface area contributed by atoms with Crippen molar-refractivity contribution in [2.75, 3.05) is 33.0 Å². The Kier molecular flexibility index (Phi) is 3.72. The number of nitrogens with zero attached hydrogens (tertiary/aromatic N) is 3. The Labute approximate surface area is 109 Å². The van der Waals surface area contributed by atoms with E-state index < -0.39 is 6.29 Å². The summed E-state index contributed by atoms with van der Waals surface area (Å²) >= 11 is 0. The van der Waals surface area contributed by atoms with Crippen molar-refractivity contribution in [1.82, 2.24) is 15.0 Å². The molecule has 3 heterocycles. The second kappa shape index (κ2) is 5.64. The van der Waals surface area contributed by atoms with E-state index in [0.29, 0.717) is 38.8 Å². The van der Waals surface area contributed by atoms with Gasteiger partial charge in [0.15, 0.2) is 12.1 Å². The summed E-state index contributed by atoms with van der Waals surface area (Å²) < 4.78 is 20.7. The summed E-state index contributed by atoms with van der Waals surface area (Å²) in [5, 5.41) is 3.78. The maximum Gasteiger partial charge on any atom is 0.228 e. The minimum Gasteiger partial charge on any atom is -0.377 e. The number of amides is 1. The van der Waals surface area contributed by atoms with E-state index in [9.17, 15) is 4.79 Å². The predicted octanol–water partition coefficient (Wildman–Crippen LogP) is -0.268. The summed E-state index contributed by atoms with van der Waals surface area (Å²) in [6, 6.07) is -0.304. The molecule has 2 aliphatic rings. The van der Waals surface area contributed by atoms with Crippen molar-refractivity contribution in [2.45, 2.75) is 18.8 Å². The number of hydrogen-bond acceptors (Lipinski definition) is 7. The van der Waals surface area contributed by atoms with Gasteiger partial charge in [-0.2, -0.15) is 4.98 Å². The summed E-state index contributed by atoms with van der Waals surface area (Å²) in [5.41, 5.74) is 0. The van der Waals surface area contributed by atoms with Crippen LogP contribution in [0.25, 0.3) is 0 Å². The average Bonchev–Trinajstić information content (AvgIpc) is 3.11. The Morgan fingerprint density at radius 2 is 2.21 bits per heavy atom. The zero-order chi connectivity index (χ0) is 13.1. The molecule has 8 nitrogen and oxygen atoms in total. The molecule has 2 saturated heterocycles. The van der Waals surface area contributed by atoms with E-state index in [1.165, 1.54) is 6.39 Å². The molecule has 3 rings (SSSR count). The topological polar surface area (TPSA) is 86.9 Å². The van der Waals surface area contributed by atoms with Gasteiger partial charge < -0.3 is 23.6 Å². The molecule has 1 amide bonds. The van der Waals surface area contributed by atoms with Crippen molar-refractivity contribution >= 4 is 5.91 Å². The average molecular weight is 269 g/mol. The van der Waals surface area contributed by atoms with Crippen LogP contribution in [-0.2, 0) is 19.0 Å². The molecule has 2 aliphatic heterocycles. The van der Waals surface area contributed by atoms with Gasteiger partial charge >= 0.3 is 0 Å². The first kappa shape index (κ1) is 12.5. The van der Waals surface area contributed by atoms with Gasteiger partial charge in [-0.25, -0.2) is 0 Å². The molecule has 1 atom stereocenters. The lowest BCUT2D eigenvalue weighted by Gasteiger charge is -2.34. The van der Waals surface area contributed by atoms with Crippen LogP contribution in [0.1, 0.15) is 18.3 Å². The van der Waals surface area contributed by atoms with Crippen LogP contribution in [0, 0.1) is 0 Å². The number of aromatic nitrogens is 2. The van der Waals surface area contributed by atoms with Gasteiger partial charge in [-0.3, -0.25) is 4.79 Å². The lowest BCUT2D eigenvalue weighted by Crippen LogP contribution is -2.44. The molecular weight excluding hydrogens is 254 g/mol. The van der Waals surface area contributed by atoms with E-state index in [0.717, 1.165) is 0 Å². The minimum atomic E-state index is -0.443. The van der Waals surface area contributed by atoms with Crippen LogP contribution in [0.3, 0.4) is 0 Å². The van der Waals surface area contributed by atoms with Crippen LogP contribution >= 0.6 is 0 Å². The summed E-state index contributed by atoms with van der Waals surface area (Å²) in [5.74, 6) is 0.409. The summed E-state index contributed by atoms with van der Waals surface area (Å²) in [6.07, 6.45) is 1.01. The van der Waals surface area contributed by atoms with Gasteiger partial charge in [0.05, 0.1) is 32.8 Å². The van der Waals surface area contributed by atoms with Gasteiger partial charge in [-0.15, -0.1) is 0 Å². The zero-order valence-corrected chi connectivity index (χ0v) is 10.4. The molecule has 1 aromatic heterocycles. The molecule has 1 aromatic rings. The van der Waals surface area contributed by atoms with Gasteiger partial charge in [0.25, 0.3) is 0 Å². The smallest absolute Gasteiger partial charge is 0.228 e. The molecule has 0 spiro atoms. The third-order valence-electron chi connectivity index (χ3n) is 3.16. The fraction of sp³-hybridized carbons (Fsp3) is 0.727. The molecule has 0 aliphatic carbocycles. The maximum atomic E-state index is 12.3. The molecule has 0 saturated carbocycles. The lowest BCUT2D eigenvalue weighted by atomic mass is 10.2. The van der Waals surface area contributed by atoms with E-state index in [4.69, 9.17) is 18.7 Å². The molecule has 1 unspecified atom stereocenters. The Bertz CT molecular complexity index is 418. The standard InChI is InChI=1S/C11H15N3O5/c15-9(5-10-17-3-4-18-10)14-1-2-16-6-8(14)11-12-7-19-13-11/h7-8,10H,1-6H2. The molecule has 0 radical (unpaired) electrons. The van der Waals surface area contributed by atoms with Crippen LogP contribution in [0.2, 0.25) is 0 Å². The second-order valence-corrected chi connectivity index (χ2v) is 4.34. The van der Waals surface area contributed by atoms with Crippen LogP contribution in [-0.4, -0.2) is 60.2 Å². The third-order valence-corrected chi connectivity index (χ3v) is 3.16. The highest BCUT2D eigenvalue weighted by molar-refractivity contribution is 5.77. The maximum absolute atomic E-state index is 12.3. The monoisotopic (exact) mass is 269 g/mol. The van der Waals surface area contributed by atoms with Crippen molar-refractivity contribution in [3.8, 4) is 0 Å². The largest absolute Gasteiger partial charge is 0.377 e. The first-order valence-corrected chi connectivity index (χ1v) is 6.21. The SMILES string of the molecule is O=C(CC1OCCO1)N1CCOCC1c1ncon1. The second-order valence-electron chi connectivity index (χ2n) is 4.34.